The molecule has 0 fully saturated rings. The second-order valence-corrected chi connectivity index (χ2v) is 17.6. The minimum atomic E-state index is 0.185. The van der Waals surface area contributed by atoms with Crippen molar-refractivity contribution in [1.82, 2.24) is 0 Å². The third-order valence-corrected chi connectivity index (χ3v) is 13.4. The molecule has 2 heteroatoms. The van der Waals surface area contributed by atoms with Crippen molar-refractivity contribution in [3.63, 3.8) is 0 Å². The summed E-state index contributed by atoms with van der Waals surface area (Å²) in [6.07, 6.45) is 16.0. The fraction of sp³-hybridized carbons (Fsp3) is 0.0606. The van der Waals surface area contributed by atoms with Crippen LogP contribution in [0.4, 0.5) is 28.4 Å². The molecule has 0 saturated heterocycles. The van der Waals surface area contributed by atoms with Crippen molar-refractivity contribution in [3.05, 3.63) is 296 Å². The first-order valence-electron chi connectivity index (χ1n) is 23.8. The minimum absolute atomic E-state index is 0.185. The zero-order valence-corrected chi connectivity index (χ0v) is 38.0. The maximum absolute atomic E-state index is 2.48. The van der Waals surface area contributed by atoms with Crippen molar-refractivity contribution in [2.24, 2.45) is 0 Å². The quantitative estimate of drug-likeness (QED) is 0.121. The normalized spacial score (nSPS) is 15.3. The molecule has 11 rings (SSSR count). The van der Waals surface area contributed by atoms with Crippen LogP contribution in [0.2, 0.25) is 0 Å². The summed E-state index contributed by atoms with van der Waals surface area (Å²) in [6.45, 7) is 0. The van der Waals surface area contributed by atoms with Crippen molar-refractivity contribution in [2.75, 3.05) is 9.80 Å². The lowest BCUT2D eigenvalue weighted by Gasteiger charge is -2.33. The molecular formula is C66H52N2. The Balaban J connectivity index is 0.818. The van der Waals surface area contributed by atoms with E-state index < -0.39 is 0 Å². The Morgan fingerprint density at radius 2 is 0.603 bits per heavy atom. The molecule has 2 aliphatic rings. The number of hydrogen-bond donors (Lipinski definition) is 0. The molecule has 0 aliphatic heterocycles. The molecule has 2 nitrogen and oxygen atoms in total. The van der Waals surface area contributed by atoms with Crippen LogP contribution in [-0.4, -0.2) is 6.04 Å². The van der Waals surface area contributed by atoms with Crippen molar-refractivity contribution in [2.45, 2.75) is 24.8 Å². The Labute approximate surface area is 401 Å². The van der Waals surface area contributed by atoms with Gasteiger partial charge in [0.2, 0.25) is 0 Å². The van der Waals surface area contributed by atoms with Crippen LogP contribution in [-0.2, 0) is 0 Å². The number of rotatable bonds is 12. The molecule has 326 valence electrons. The standard InChI is InChI=1S/C66H52N2/c1-5-13-49(14-6-1)55-25-37-61(38-26-55)67(62-39-27-56(28-40-62)50-15-7-2-8-16-50)65-45-33-59(34-46-65)53-21-23-54(24-22-53)60-35-47-66(48-36-60)68(63-41-29-57(30-42-63)51-17-9-3-10-18-51)64-43-31-58(32-44-64)52-19-11-4-12-20-52/h1-23,25-39,41-48,54,62H,24,40H2/t54?,62-/m0/s1. The third kappa shape index (κ3) is 9.18. The predicted octanol–water partition coefficient (Wildman–Crippen LogP) is 17.8. The first-order chi connectivity index (χ1) is 33.7. The van der Waals surface area contributed by atoms with Gasteiger partial charge in [-0.25, -0.2) is 0 Å². The molecule has 9 aromatic rings. The van der Waals surface area contributed by atoms with Gasteiger partial charge in [0.15, 0.2) is 0 Å². The highest BCUT2D eigenvalue weighted by Crippen LogP contribution is 2.40. The van der Waals surface area contributed by atoms with Crippen molar-refractivity contribution in [3.8, 4) is 33.4 Å². The lowest BCUT2D eigenvalue weighted by Crippen LogP contribution is -2.30. The van der Waals surface area contributed by atoms with E-state index >= 15 is 0 Å². The first kappa shape index (κ1) is 42.2. The van der Waals surface area contributed by atoms with E-state index in [4.69, 9.17) is 0 Å². The van der Waals surface area contributed by atoms with Gasteiger partial charge in [-0.3, -0.25) is 0 Å². The first-order valence-corrected chi connectivity index (χ1v) is 23.8. The summed E-state index contributed by atoms with van der Waals surface area (Å²) in [7, 11) is 0. The number of allylic oxidation sites excluding steroid dienone is 6. The molecule has 0 bridgehead atoms. The number of anilines is 5. The molecule has 0 saturated carbocycles. The molecule has 1 unspecified atom stereocenters. The second kappa shape index (κ2) is 19.6. The second-order valence-electron chi connectivity index (χ2n) is 17.6. The third-order valence-electron chi connectivity index (χ3n) is 13.4. The average molecular weight is 873 g/mol. The van der Waals surface area contributed by atoms with Gasteiger partial charge in [-0.05, 0) is 135 Å². The highest BCUT2D eigenvalue weighted by Gasteiger charge is 2.22. The lowest BCUT2D eigenvalue weighted by atomic mass is 9.88. The molecule has 0 aromatic heterocycles. The topological polar surface area (TPSA) is 6.48 Å². The molecule has 9 aromatic carbocycles. The monoisotopic (exact) mass is 872 g/mol. The summed E-state index contributed by atoms with van der Waals surface area (Å²) < 4.78 is 0. The molecule has 68 heavy (non-hydrogen) atoms. The summed E-state index contributed by atoms with van der Waals surface area (Å²) in [5.74, 6) is 0.303. The molecular weight excluding hydrogens is 821 g/mol. The van der Waals surface area contributed by atoms with Gasteiger partial charge in [-0.1, -0.05) is 218 Å². The van der Waals surface area contributed by atoms with Crippen LogP contribution in [0.1, 0.15) is 35.4 Å². The fourth-order valence-corrected chi connectivity index (χ4v) is 9.70. The van der Waals surface area contributed by atoms with Gasteiger partial charge in [0.05, 0.1) is 6.04 Å². The van der Waals surface area contributed by atoms with Crippen LogP contribution in [0.25, 0.3) is 44.5 Å². The maximum atomic E-state index is 2.48. The lowest BCUT2D eigenvalue weighted by molar-refractivity contribution is 0.787. The van der Waals surface area contributed by atoms with Gasteiger partial charge in [0.1, 0.15) is 0 Å². The molecule has 2 atom stereocenters. The fourth-order valence-electron chi connectivity index (χ4n) is 9.70. The van der Waals surface area contributed by atoms with E-state index in [1.165, 1.54) is 72.6 Å². The Hall–Kier alpha value is -8.46. The summed E-state index contributed by atoms with van der Waals surface area (Å²) >= 11 is 0. The summed E-state index contributed by atoms with van der Waals surface area (Å²) in [6, 6.07) is 87.8. The Kier molecular flexibility index (Phi) is 12.1. The van der Waals surface area contributed by atoms with Crippen LogP contribution in [0.5, 0.6) is 0 Å². The molecule has 0 heterocycles. The smallest absolute Gasteiger partial charge is 0.0560 e. The van der Waals surface area contributed by atoms with Crippen molar-refractivity contribution < 1.29 is 0 Å². The van der Waals surface area contributed by atoms with Crippen LogP contribution < -0.4 is 9.80 Å². The summed E-state index contributed by atoms with van der Waals surface area (Å²) in [5, 5.41) is 0. The molecule has 0 spiro atoms. The van der Waals surface area contributed by atoms with E-state index in [0.29, 0.717) is 5.92 Å². The van der Waals surface area contributed by atoms with Gasteiger partial charge >= 0.3 is 0 Å². The van der Waals surface area contributed by atoms with Crippen LogP contribution in [0.15, 0.2) is 279 Å². The zero-order valence-electron chi connectivity index (χ0n) is 38.0. The largest absolute Gasteiger partial charge is 0.334 e. The Bertz CT molecular complexity index is 3120. The Morgan fingerprint density at radius 1 is 0.279 bits per heavy atom. The highest BCUT2D eigenvalue weighted by atomic mass is 15.2. The van der Waals surface area contributed by atoms with Crippen molar-refractivity contribution >= 4 is 39.6 Å². The predicted molar refractivity (Wildman–Crippen MR) is 289 cm³/mol. The molecule has 0 N–H and O–H groups in total. The van der Waals surface area contributed by atoms with Crippen molar-refractivity contribution in [1.29, 1.82) is 0 Å². The van der Waals surface area contributed by atoms with Crippen LogP contribution in [0.3, 0.4) is 0 Å². The molecule has 0 radical (unpaired) electrons. The highest BCUT2D eigenvalue weighted by molar-refractivity contribution is 5.82. The van der Waals surface area contributed by atoms with Gasteiger partial charge in [-0.15, -0.1) is 0 Å². The minimum Gasteiger partial charge on any atom is -0.334 e. The Morgan fingerprint density at radius 3 is 0.985 bits per heavy atom. The van der Waals surface area contributed by atoms with Gasteiger partial charge in [0, 0.05) is 34.4 Å². The molecule has 0 amide bonds. The van der Waals surface area contributed by atoms with E-state index in [1.807, 2.05) is 0 Å². The van der Waals surface area contributed by atoms with E-state index in [0.717, 1.165) is 29.9 Å². The van der Waals surface area contributed by atoms with E-state index in [-0.39, 0.29) is 6.04 Å². The van der Waals surface area contributed by atoms with Gasteiger partial charge in [0.25, 0.3) is 0 Å². The number of nitrogens with zero attached hydrogens (tertiary/aromatic N) is 2. The van der Waals surface area contributed by atoms with Crippen LogP contribution in [0, 0.1) is 0 Å². The SMILES string of the molecule is C1=C[C@H](N(c2ccc(C3=CCC(c4ccc(N(c5ccc(-c6ccccc6)cc5)c5ccc(-c6ccccc6)cc5)cc4)C=C3)cc2)c2ccc(-c3ccccc3)cc2)CC=C1c1ccccc1. The van der Waals surface area contributed by atoms with E-state index in [2.05, 4.69) is 289 Å². The number of benzene rings is 9. The summed E-state index contributed by atoms with van der Waals surface area (Å²) in [5.41, 5.74) is 19.4. The number of hydrogen-bond acceptors (Lipinski definition) is 2. The molecule has 2 aliphatic carbocycles. The van der Waals surface area contributed by atoms with E-state index in [9.17, 15) is 0 Å². The van der Waals surface area contributed by atoms with Gasteiger partial charge < -0.3 is 9.80 Å². The summed E-state index contributed by atoms with van der Waals surface area (Å²) in [4.78, 5) is 4.84. The van der Waals surface area contributed by atoms with E-state index in [1.54, 1.807) is 0 Å². The average Bonchev–Trinajstić information content (AvgIpc) is 3.43. The van der Waals surface area contributed by atoms with Gasteiger partial charge in [-0.2, -0.15) is 0 Å². The van der Waals surface area contributed by atoms with Crippen LogP contribution >= 0.6 is 0 Å². The maximum Gasteiger partial charge on any atom is 0.0560 e. The zero-order chi connectivity index (χ0) is 45.5.